The van der Waals surface area contributed by atoms with Crippen molar-refractivity contribution in [3.05, 3.63) is 47.1 Å². The molecule has 2 rings (SSSR count). The Morgan fingerprint density at radius 1 is 1.33 bits per heavy atom. The number of hydrogen-bond acceptors (Lipinski definition) is 3. The van der Waals surface area contributed by atoms with Crippen LogP contribution >= 0.6 is 11.8 Å². The molecule has 1 aliphatic heterocycles. The molecule has 0 radical (unpaired) electrons. The maximum absolute atomic E-state index is 11.5. The molecule has 0 saturated carbocycles. The fraction of sp³-hybridized carbons (Fsp3) is 0.250. The highest BCUT2D eigenvalue weighted by Gasteiger charge is 2.25. The quantitative estimate of drug-likeness (QED) is 0.783. The van der Waals surface area contributed by atoms with Gasteiger partial charge in [0.25, 0.3) is 0 Å². The van der Waals surface area contributed by atoms with E-state index >= 15 is 0 Å². The number of benzene rings is 1. The predicted molar refractivity (Wildman–Crippen MR) is 61.4 cm³/mol. The van der Waals surface area contributed by atoms with Gasteiger partial charge in [-0.1, -0.05) is 30.3 Å². The zero-order valence-corrected chi connectivity index (χ0v) is 9.29. The number of rotatable bonds is 3. The predicted octanol–water partition coefficient (Wildman–Crippen LogP) is 2.75. The zero-order chi connectivity index (χ0) is 10.7. The summed E-state index contributed by atoms with van der Waals surface area (Å²) in [7, 11) is 0. The Hall–Kier alpha value is -1.22. The first-order chi connectivity index (χ1) is 7.27. The van der Waals surface area contributed by atoms with Crippen LogP contribution in [0, 0.1) is 0 Å². The second-order valence-corrected chi connectivity index (χ2v) is 4.61. The highest BCUT2D eigenvalue weighted by Crippen LogP contribution is 2.27. The molecule has 0 aliphatic carbocycles. The molecular formula is C12H12O2S. The van der Waals surface area contributed by atoms with Crippen LogP contribution in [0.4, 0.5) is 0 Å². The molecule has 1 aromatic rings. The third kappa shape index (κ3) is 2.42. The minimum atomic E-state index is 0.00998. The van der Waals surface area contributed by atoms with Crippen molar-refractivity contribution in [2.75, 3.05) is 0 Å². The largest absolute Gasteiger partial charge is 0.485 e. The number of hydrogen-bond donors (Lipinski definition) is 0. The van der Waals surface area contributed by atoms with Crippen LogP contribution < -0.4 is 0 Å². The van der Waals surface area contributed by atoms with E-state index < -0.39 is 0 Å². The number of carbonyl (C=O) groups is 1. The molecule has 1 atom stereocenters. The summed E-state index contributed by atoms with van der Waals surface area (Å²) < 4.78 is 5.46. The van der Waals surface area contributed by atoms with Gasteiger partial charge in [-0.25, -0.2) is 0 Å². The molecule has 0 amide bonds. The first-order valence-electron chi connectivity index (χ1n) is 4.84. The maximum atomic E-state index is 11.5. The Kier molecular flexibility index (Phi) is 3.11. The Morgan fingerprint density at radius 3 is 2.67 bits per heavy atom. The molecule has 3 heteroatoms. The molecule has 1 unspecified atom stereocenters. The number of Topliss-reactive ketones (excluding diaryl/α,β-unsaturated/α-hetero) is 1. The Morgan fingerprint density at radius 2 is 2.07 bits per heavy atom. The van der Waals surface area contributed by atoms with Crippen LogP contribution in [0.1, 0.15) is 12.5 Å². The van der Waals surface area contributed by atoms with E-state index in [2.05, 4.69) is 0 Å². The van der Waals surface area contributed by atoms with Gasteiger partial charge in [0.05, 0.1) is 5.25 Å². The Labute approximate surface area is 93.3 Å². The Balaban J connectivity index is 1.92. The normalized spacial score (nSPS) is 20.2. The molecule has 0 spiro atoms. The summed E-state index contributed by atoms with van der Waals surface area (Å²) in [5, 5.41) is 1.81. The summed E-state index contributed by atoms with van der Waals surface area (Å²) in [6.45, 7) is 2.36. The molecule has 15 heavy (non-hydrogen) atoms. The van der Waals surface area contributed by atoms with E-state index in [-0.39, 0.29) is 11.0 Å². The molecule has 1 aromatic carbocycles. The number of allylic oxidation sites excluding steroid dienone is 1. The van der Waals surface area contributed by atoms with E-state index in [1.807, 2.05) is 37.3 Å². The van der Waals surface area contributed by atoms with E-state index in [0.717, 1.165) is 5.56 Å². The molecule has 0 aromatic heterocycles. The third-order valence-corrected chi connectivity index (χ3v) is 3.20. The fourth-order valence-corrected chi connectivity index (χ4v) is 2.08. The molecule has 0 fully saturated rings. The highest BCUT2D eigenvalue weighted by molar-refractivity contribution is 8.03. The average molecular weight is 220 g/mol. The lowest BCUT2D eigenvalue weighted by atomic mass is 10.2. The fourth-order valence-electron chi connectivity index (χ4n) is 1.32. The second-order valence-electron chi connectivity index (χ2n) is 3.40. The highest BCUT2D eigenvalue weighted by atomic mass is 32.2. The summed E-state index contributed by atoms with van der Waals surface area (Å²) in [6, 6.07) is 9.84. The first-order valence-corrected chi connectivity index (χ1v) is 5.78. The summed E-state index contributed by atoms with van der Waals surface area (Å²) in [5.41, 5.74) is 1.08. The van der Waals surface area contributed by atoms with Crippen molar-refractivity contribution < 1.29 is 9.53 Å². The van der Waals surface area contributed by atoms with Crippen LogP contribution in [0.3, 0.4) is 0 Å². The molecule has 0 saturated heterocycles. The molecule has 78 valence electrons. The van der Waals surface area contributed by atoms with E-state index in [1.54, 1.807) is 5.41 Å². The average Bonchev–Trinajstić information content (AvgIpc) is 2.59. The van der Waals surface area contributed by atoms with Crippen LogP contribution in [0.5, 0.6) is 0 Å². The maximum Gasteiger partial charge on any atom is 0.210 e. The lowest BCUT2D eigenvalue weighted by Crippen LogP contribution is -2.11. The molecule has 1 aliphatic rings. The minimum absolute atomic E-state index is 0.00998. The minimum Gasteiger partial charge on any atom is -0.485 e. The first kappa shape index (κ1) is 10.3. The van der Waals surface area contributed by atoms with Gasteiger partial charge in [0.2, 0.25) is 5.78 Å². The third-order valence-electron chi connectivity index (χ3n) is 2.23. The van der Waals surface area contributed by atoms with Gasteiger partial charge in [0.15, 0.2) is 5.76 Å². The van der Waals surface area contributed by atoms with Crippen molar-refractivity contribution in [2.24, 2.45) is 0 Å². The molecular weight excluding hydrogens is 208 g/mol. The van der Waals surface area contributed by atoms with Crippen molar-refractivity contribution in [2.45, 2.75) is 18.8 Å². The summed E-state index contributed by atoms with van der Waals surface area (Å²) >= 11 is 1.51. The lowest BCUT2D eigenvalue weighted by molar-refractivity contribution is -0.118. The van der Waals surface area contributed by atoms with Crippen molar-refractivity contribution in [3.8, 4) is 0 Å². The van der Waals surface area contributed by atoms with Gasteiger partial charge in [-0.05, 0) is 12.5 Å². The van der Waals surface area contributed by atoms with E-state index in [0.29, 0.717) is 12.4 Å². The van der Waals surface area contributed by atoms with E-state index in [9.17, 15) is 4.79 Å². The van der Waals surface area contributed by atoms with E-state index in [1.165, 1.54) is 11.8 Å². The van der Waals surface area contributed by atoms with Crippen LogP contribution in [-0.2, 0) is 16.1 Å². The molecule has 0 N–H and O–H groups in total. The van der Waals surface area contributed by atoms with Crippen LogP contribution in [0.25, 0.3) is 0 Å². The SMILES string of the molecule is CC1SC=C(OCc2ccccc2)C1=O. The smallest absolute Gasteiger partial charge is 0.210 e. The summed E-state index contributed by atoms with van der Waals surface area (Å²) in [4.78, 5) is 11.5. The number of thioether (sulfide) groups is 1. The van der Waals surface area contributed by atoms with Gasteiger partial charge in [0, 0.05) is 5.41 Å². The lowest BCUT2D eigenvalue weighted by Gasteiger charge is -2.06. The van der Waals surface area contributed by atoms with Crippen LogP contribution in [0.2, 0.25) is 0 Å². The Bertz CT molecular complexity index is 384. The monoisotopic (exact) mass is 220 g/mol. The van der Waals surface area contributed by atoms with Gasteiger partial charge >= 0.3 is 0 Å². The van der Waals surface area contributed by atoms with Crippen LogP contribution in [0.15, 0.2) is 41.5 Å². The number of carbonyl (C=O) groups excluding carboxylic acids is 1. The van der Waals surface area contributed by atoms with E-state index in [4.69, 9.17) is 4.74 Å². The second kappa shape index (κ2) is 4.53. The molecule has 1 heterocycles. The van der Waals surface area contributed by atoms with Gasteiger partial charge in [0.1, 0.15) is 6.61 Å². The molecule has 0 bridgehead atoms. The zero-order valence-electron chi connectivity index (χ0n) is 8.47. The van der Waals surface area contributed by atoms with Gasteiger partial charge < -0.3 is 4.74 Å². The number of ether oxygens (including phenoxy) is 1. The van der Waals surface area contributed by atoms with Gasteiger partial charge in [-0.15, -0.1) is 11.8 Å². The van der Waals surface area contributed by atoms with Crippen molar-refractivity contribution in [1.82, 2.24) is 0 Å². The summed E-state index contributed by atoms with van der Waals surface area (Å²) in [5.74, 6) is 0.590. The topological polar surface area (TPSA) is 26.3 Å². The van der Waals surface area contributed by atoms with Crippen molar-refractivity contribution in [3.63, 3.8) is 0 Å². The molecule has 2 nitrogen and oxygen atoms in total. The van der Waals surface area contributed by atoms with Gasteiger partial charge in [-0.2, -0.15) is 0 Å². The van der Waals surface area contributed by atoms with Crippen molar-refractivity contribution in [1.29, 1.82) is 0 Å². The standard InChI is InChI=1S/C12H12O2S/c1-9-12(13)11(8-15-9)14-7-10-5-3-2-4-6-10/h2-6,8-9H,7H2,1H3. The van der Waals surface area contributed by atoms with Crippen LogP contribution in [-0.4, -0.2) is 11.0 Å². The van der Waals surface area contributed by atoms with Gasteiger partial charge in [-0.3, -0.25) is 4.79 Å². The van der Waals surface area contributed by atoms with Crippen molar-refractivity contribution >= 4 is 17.5 Å². The number of ketones is 1. The summed E-state index contributed by atoms with van der Waals surface area (Å²) in [6.07, 6.45) is 0.